The molecule has 0 spiro atoms. The van der Waals surface area contributed by atoms with E-state index in [0.717, 1.165) is 11.4 Å². The molecule has 4 nitrogen and oxygen atoms in total. The van der Waals surface area contributed by atoms with E-state index in [0.29, 0.717) is 12.3 Å². The van der Waals surface area contributed by atoms with Crippen LogP contribution in [0.15, 0.2) is 10.9 Å². The lowest BCUT2D eigenvalue weighted by Crippen LogP contribution is -2.30. The third kappa shape index (κ3) is 5.48. The average molecular weight is 260 g/mol. The minimum Gasteiger partial charge on any atom is -0.396 e. The number of thiazole rings is 1. The highest BCUT2D eigenvalue weighted by molar-refractivity contribution is 7.99. The van der Waals surface area contributed by atoms with Gasteiger partial charge in [0.1, 0.15) is 0 Å². The number of nitrogens with one attached hydrogen (secondary N) is 1. The summed E-state index contributed by atoms with van der Waals surface area (Å²) in [5.41, 5.74) is 2.81. The van der Waals surface area contributed by atoms with Crippen molar-refractivity contribution in [2.75, 3.05) is 18.9 Å². The van der Waals surface area contributed by atoms with Crippen molar-refractivity contribution in [1.29, 1.82) is 0 Å². The zero-order valence-corrected chi connectivity index (χ0v) is 10.8. The van der Waals surface area contributed by atoms with Gasteiger partial charge in [-0.25, -0.2) is 4.98 Å². The van der Waals surface area contributed by atoms with E-state index in [-0.39, 0.29) is 18.4 Å². The van der Waals surface area contributed by atoms with Gasteiger partial charge in [0, 0.05) is 24.3 Å². The Morgan fingerprint density at radius 3 is 3.19 bits per heavy atom. The lowest BCUT2D eigenvalue weighted by atomic mass is 10.2. The maximum absolute atomic E-state index is 11.4. The van der Waals surface area contributed by atoms with Crippen molar-refractivity contribution < 1.29 is 9.90 Å². The fourth-order valence-electron chi connectivity index (χ4n) is 0.961. The molecule has 0 fully saturated rings. The molecule has 1 rings (SSSR count). The number of amides is 1. The summed E-state index contributed by atoms with van der Waals surface area (Å²) in [6.45, 7) is 2.53. The zero-order chi connectivity index (χ0) is 11.8. The van der Waals surface area contributed by atoms with Gasteiger partial charge in [-0.05, 0) is 5.92 Å². The molecule has 0 saturated carbocycles. The standard InChI is InChI=1S/C10H16N2O2S2/c1-8(3-13)2-11-10(14)6-15-4-9-5-16-7-12-9/h5,7-8,13H,2-4,6H2,1H3,(H,11,14). The minimum atomic E-state index is 0.0144. The first-order chi connectivity index (χ1) is 7.72. The largest absolute Gasteiger partial charge is 0.396 e. The van der Waals surface area contributed by atoms with E-state index < -0.39 is 0 Å². The van der Waals surface area contributed by atoms with Gasteiger partial charge < -0.3 is 10.4 Å². The second-order valence-corrected chi connectivity index (χ2v) is 5.27. The van der Waals surface area contributed by atoms with Crippen LogP contribution in [-0.4, -0.2) is 34.9 Å². The summed E-state index contributed by atoms with van der Waals surface area (Å²) in [6, 6.07) is 0. The number of carbonyl (C=O) groups excluding carboxylic acids is 1. The third-order valence-corrected chi connectivity index (χ3v) is 3.53. The Balaban J connectivity index is 2.06. The molecule has 0 aliphatic carbocycles. The maximum atomic E-state index is 11.4. The summed E-state index contributed by atoms with van der Waals surface area (Å²) in [5, 5.41) is 13.5. The van der Waals surface area contributed by atoms with E-state index in [9.17, 15) is 4.79 Å². The normalized spacial score (nSPS) is 12.4. The summed E-state index contributed by atoms with van der Waals surface area (Å²) in [4.78, 5) is 15.5. The van der Waals surface area contributed by atoms with Gasteiger partial charge >= 0.3 is 0 Å². The van der Waals surface area contributed by atoms with Gasteiger partial charge in [0.2, 0.25) is 5.91 Å². The Morgan fingerprint density at radius 1 is 1.75 bits per heavy atom. The van der Waals surface area contributed by atoms with E-state index >= 15 is 0 Å². The molecule has 1 amide bonds. The van der Waals surface area contributed by atoms with Crippen LogP contribution in [0.1, 0.15) is 12.6 Å². The molecular formula is C10H16N2O2S2. The molecule has 1 aromatic rings. The highest BCUT2D eigenvalue weighted by Crippen LogP contribution is 2.11. The molecule has 0 aliphatic heterocycles. The Bertz CT molecular complexity index is 304. The lowest BCUT2D eigenvalue weighted by Gasteiger charge is -2.08. The minimum absolute atomic E-state index is 0.0144. The van der Waals surface area contributed by atoms with Crippen molar-refractivity contribution in [3.8, 4) is 0 Å². The Labute approximate surface area is 103 Å². The first-order valence-corrected chi connectivity index (χ1v) is 7.14. The SMILES string of the molecule is CC(CO)CNC(=O)CSCc1cscn1. The molecule has 16 heavy (non-hydrogen) atoms. The Kier molecular flexibility index (Phi) is 6.44. The van der Waals surface area contributed by atoms with Crippen LogP contribution >= 0.6 is 23.1 Å². The number of aliphatic hydroxyl groups excluding tert-OH is 1. The van der Waals surface area contributed by atoms with Crippen LogP contribution in [0.25, 0.3) is 0 Å². The highest BCUT2D eigenvalue weighted by atomic mass is 32.2. The van der Waals surface area contributed by atoms with Crippen molar-refractivity contribution in [2.45, 2.75) is 12.7 Å². The summed E-state index contributed by atoms with van der Waals surface area (Å²) in [5.74, 6) is 1.34. The van der Waals surface area contributed by atoms with E-state index in [1.54, 1.807) is 28.6 Å². The fraction of sp³-hybridized carbons (Fsp3) is 0.600. The third-order valence-electron chi connectivity index (χ3n) is 1.93. The van der Waals surface area contributed by atoms with Gasteiger partial charge in [-0.3, -0.25) is 4.79 Å². The lowest BCUT2D eigenvalue weighted by molar-refractivity contribution is -0.118. The van der Waals surface area contributed by atoms with Crippen LogP contribution in [0.2, 0.25) is 0 Å². The van der Waals surface area contributed by atoms with Gasteiger partial charge in [-0.1, -0.05) is 6.92 Å². The molecule has 0 aliphatic rings. The van der Waals surface area contributed by atoms with Crippen molar-refractivity contribution in [3.63, 3.8) is 0 Å². The second-order valence-electron chi connectivity index (χ2n) is 3.56. The first kappa shape index (κ1) is 13.5. The molecule has 6 heteroatoms. The van der Waals surface area contributed by atoms with Gasteiger partial charge in [0.25, 0.3) is 0 Å². The van der Waals surface area contributed by atoms with Crippen LogP contribution in [0, 0.1) is 5.92 Å². The molecule has 1 atom stereocenters. The van der Waals surface area contributed by atoms with E-state index in [2.05, 4.69) is 10.3 Å². The molecule has 90 valence electrons. The van der Waals surface area contributed by atoms with Crippen LogP contribution in [-0.2, 0) is 10.5 Å². The number of rotatable bonds is 7. The zero-order valence-electron chi connectivity index (χ0n) is 9.18. The molecule has 2 N–H and O–H groups in total. The summed E-state index contributed by atoms with van der Waals surface area (Å²) in [6.07, 6.45) is 0. The molecular weight excluding hydrogens is 244 g/mol. The van der Waals surface area contributed by atoms with Gasteiger partial charge in [0.05, 0.1) is 17.0 Å². The topological polar surface area (TPSA) is 62.2 Å². The van der Waals surface area contributed by atoms with Crippen LogP contribution in [0.4, 0.5) is 0 Å². The number of aliphatic hydroxyl groups is 1. The quantitative estimate of drug-likeness (QED) is 0.771. The van der Waals surface area contributed by atoms with E-state index in [1.165, 1.54) is 0 Å². The number of nitrogens with zero attached hydrogens (tertiary/aromatic N) is 1. The number of carbonyl (C=O) groups is 1. The molecule has 0 aromatic carbocycles. The van der Waals surface area contributed by atoms with Crippen LogP contribution in [0.5, 0.6) is 0 Å². The number of hydrogen-bond donors (Lipinski definition) is 2. The predicted octanol–water partition coefficient (Wildman–Crippen LogP) is 1.12. The van der Waals surface area contributed by atoms with Crippen molar-refractivity contribution in [1.82, 2.24) is 10.3 Å². The van der Waals surface area contributed by atoms with Crippen LogP contribution in [0.3, 0.4) is 0 Å². The first-order valence-electron chi connectivity index (χ1n) is 5.04. The van der Waals surface area contributed by atoms with Crippen molar-refractivity contribution in [3.05, 3.63) is 16.6 Å². The molecule has 0 bridgehead atoms. The number of aromatic nitrogens is 1. The summed E-state index contributed by atoms with van der Waals surface area (Å²) < 4.78 is 0. The molecule has 0 radical (unpaired) electrons. The number of thioether (sulfide) groups is 1. The van der Waals surface area contributed by atoms with E-state index in [1.807, 2.05) is 12.3 Å². The number of hydrogen-bond acceptors (Lipinski definition) is 5. The maximum Gasteiger partial charge on any atom is 0.230 e. The van der Waals surface area contributed by atoms with Crippen molar-refractivity contribution in [2.24, 2.45) is 5.92 Å². The fourth-order valence-corrected chi connectivity index (χ4v) is 2.38. The Morgan fingerprint density at radius 2 is 2.56 bits per heavy atom. The molecule has 0 saturated heterocycles. The van der Waals surface area contributed by atoms with E-state index in [4.69, 9.17) is 5.11 Å². The summed E-state index contributed by atoms with van der Waals surface area (Å²) in [7, 11) is 0. The molecule has 1 aromatic heterocycles. The van der Waals surface area contributed by atoms with Crippen molar-refractivity contribution >= 4 is 29.0 Å². The Hall–Kier alpha value is -0.590. The highest BCUT2D eigenvalue weighted by Gasteiger charge is 2.05. The smallest absolute Gasteiger partial charge is 0.230 e. The van der Waals surface area contributed by atoms with Gasteiger partial charge in [0.15, 0.2) is 0 Å². The van der Waals surface area contributed by atoms with Crippen LogP contribution < -0.4 is 5.32 Å². The monoisotopic (exact) mass is 260 g/mol. The average Bonchev–Trinajstić information content (AvgIpc) is 2.79. The van der Waals surface area contributed by atoms with Gasteiger partial charge in [-0.15, -0.1) is 23.1 Å². The van der Waals surface area contributed by atoms with Gasteiger partial charge in [-0.2, -0.15) is 0 Å². The molecule has 1 heterocycles. The summed E-state index contributed by atoms with van der Waals surface area (Å²) >= 11 is 3.11. The molecule has 1 unspecified atom stereocenters. The predicted molar refractivity (Wildman–Crippen MR) is 67.5 cm³/mol. The second kappa shape index (κ2) is 7.65.